The zero-order valence-electron chi connectivity index (χ0n) is 10.5. The average Bonchev–Trinajstić information content (AvgIpc) is 2.44. The third kappa shape index (κ3) is 3.06. The van der Waals surface area contributed by atoms with E-state index in [1.54, 1.807) is 0 Å². The van der Waals surface area contributed by atoms with Crippen molar-refractivity contribution in [3.63, 3.8) is 0 Å². The number of alkyl halides is 2. The number of guanidine groups is 1. The molecule has 0 amide bonds. The summed E-state index contributed by atoms with van der Waals surface area (Å²) in [4.78, 5) is 7.97. The molecule has 1 unspecified atom stereocenters. The van der Waals surface area contributed by atoms with Gasteiger partial charge in [-0.1, -0.05) is 0 Å². The summed E-state index contributed by atoms with van der Waals surface area (Å²) < 4.78 is 26.7. The van der Waals surface area contributed by atoms with Crippen LogP contribution >= 0.6 is 0 Å². The van der Waals surface area contributed by atoms with Gasteiger partial charge >= 0.3 is 0 Å². The molecule has 0 bridgehead atoms. The number of hydrogen-bond donors (Lipinski definition) is 0. The van der Waals surface area contributed by atoms with E-state index < -0.39 is 11.8 Å². The maximum Gasteiger partial charge on any atom is 0.252 e. The van der Waals surface area contributed by atoms with E-state index in [0.29, 0.717) is 12.8 Å². The van der Waals surface area contributed by atoms with E-state index in [1.165, 1.54) is 0 Å². The number of halogens is 2. The molecule has 0 aromatic heterocycles. The van der Waals surface area contributed by atoms with Gasteiger partial charge in [-0.3, -0.25) is 4.99 Å². The molecule has 0 spiro atoms. The minimum atomic E-state index is -2.52. The largest absolute Gasteiger partial charge is 0.349 e. The van der Waals surface area contributed by atoms with Crippen molar-refractivity contribution >= 4 is 5.96 Å². The number of nitrogens with zero attached hydrogens (tertiary/aromatic N) is 3. The van der Waals surface area contributed by atoms with E-state index in [9.17, 15) is 8.78 Å². The van der Waals surface area contributed by atoms with E-state index in [1.807, 2.05) is 38.0 Å². The quantitative estimate of drug-likeness (QED) is 0.536. The molecular formula is C11H21F2N3. The molecule has 1 atom stereocenters. The first-order valence-electron chi connectivity index (χ1n) is 5.61. The fourth-order valence-electron chi connectivity index (χ4n) is 2.10. The first-order valence-corrected chi connectivity index (χ1v) is 5.61. The molecule has 0 saturated heterocycles. The summed E-state index contributed by atoms with van der Waals surface area (Å²) in [7, 11) is 7.47. The zero-order valence-corrected chi connectivity index (χ0v) is 10.5. The molecule has 94 valence electrons. The van der Waals surface area contributed by atoms with E-state index in [4.69, 9.17) is 0 Å². The Labute approximate surface area is 96.1 Å². The van der Waals surface area contributed by atoms with Crippen molar-refractivity contribution in [2.75, 3.05) is 34.7 Å². The van der Waals surface area contributed by atoms with Crippen LogP contribution in [0.3, 0.4) is 0 Å². The summed E-state index contributed by atoms with van der Waals surface area (Å²) in [6.07, 6.45) is 1.23. The van der Waals surface area contributed by atoms with Gasteiger partial charge in [0.2, 0.25) is 0 Å². The van der Waals surface area contributed by atoms with Gasteiger partial charge in [-0.15, -0.1) is 0 Å². The van der Waals surface area contributed by atoms with Crippen molar-refractivity contribution in [2.45, 2.75) is 25.2 Å². The second kappa shape index (κ2) is 4.97. The van der Waals surface area contributed by atoms with Crippen LogP contribution in [0.1, 0.15) is 19.3 Å². The highest BCUT2D eigenvalue weighted by molar-refractivity contribution is 5.79. The van der Waals surface area contributed by atoms with Crippen molar-refractivity contribution in [3.8, 4) is 0 Å². The molecule has 0 heterocycles. The summed E-state index contributed by atoms with van der Waals surface area (Å²) in [6, 6.07) is 0. The summed E-state index contributed by atoms with van der Waals surface area (Å²) in [5, 5.41) is 0. The highest BCUT2D eigenvalue weighted by Crippen LogP contribution is 2.40. The Balaban J connectivity index is 2.63. The standard InChI is InChI=1S/C11H21F2N3/c1-15(2)10(16(3)4)14-8-9-6-5-7-11(9,12)13/h9H,5-8H2,1-4H3. The summed E-state index contributed by atoms with van der Waals surface area (Å²) in [5.74, 6) is -2.36. The van der Waals surface area contributed by atoms with Crippen LogP contribution in [0, 0.1) is 5.92 Å². The highest BCUT2D eigenvalue weighted by Gasteiger charge is 2.43. The third-order valence-electron chi connectivity index (χ3n) is 2.91. The molecule has 5 heteroatoms. The van der Waals surface area contributed by atoms with Crippen molar-refractivity contribution in [1.82, 2.24) is 9.80 Å². The van der Waals surface area contributed by atoms with Gasteiger partial charge in [-0.05, 0) is 12.8 Å². The molecule has 1 rings (SSSR count). The van der Waals surface area contributed by atoms with Gasteiger partial charge in [0.05, 0.1) is 6.54 Å². The van der Waals surface area contributed by atoms with Gasteiger partial charge in [0.25, 0.3) is 5.92 Å². The summed E-state index contributed by atoms with van der Waals surface area (Å²) >= 11 is 0. The Morgan fingerprint density at radius 2 is 1.81 bits per heavy atom. The van der Waals surface area contributed by atoms with Crippen LogP contribution in [0.5, 0.6) is 0 Å². The smallest absolute Gasteiger partial charge is 0.252 e. The van der Waals surface area contributed by atoms with Crippen LogP contribution in [0.4, 0.5) is 8.78 Å². The lowest BCUT2D eigenvalue weighted by Gasteiger charge is -2.24. The monoisotopic (exact) mass is 233 g/mol. The predicted molar refractivity (Wildman–Crippen MR) is 62.0 cm³/mol. The zero-order chi connectivity index (χ0) is 12.3. The van der Waals surface area contributed by atoms with E-state index in [2.05, 4.69) is 4.99 Å². The molecule has 0 aromatic carbocycles. The van der Waals surface area contributed by atoms with E-state index in [-0.39, 0.29) is 13.0 Å². The number of rotatable bonds is 2. The first-order chi connectivity index (χ1) is 7.34. The van der Waals surface area contributed by atoms with Crippen molar-refractivity contribution < 1.29 is 8.78 Å². The van der Waals surface area contributed by atoms with Gasteiger partial charge in [-0.2, -0.15) is 0 Å². The van der Waals surface area contributed by atoms with Gasteiger partial charge in [0.1, 0.15) is 0 Å². The van der Waals surface area contributed by atoms with Crippen molar-refractivity contribution in [3.05, 3.63) is 0 Å². The minimum Gasteiger partial charge on any atom is -0.349 e. The maximum atomic E-state index is 13.4. The molecule has 1 saturated carbocycles. The normalized spacial score (nSPS) is 23.0. The molecule has 0 radical (unpaired) electrons. The Hall–Kier alpha value is -0.870. The molecule has 0 aliphatic heterocycles. The fraction of sp³-hybridized carbons (Fsp3) is 0.909. The lowest BCUT2D eigenvalue weighted by atomic mass is 10.1. The maximum absolute atomic E-state index is 13.4. The van der Waals surface area contributed by atoms with E-state index >= 15 is 0 Å². The Bertz CT molecular complexity index is 252. The van der Waals surface area contributed by atoms with Crippen molar-refractivity contribution in [1.29, 1.82) is 0 Å². The molecule has 1 aliphatic rings. The average molecular weight is 233 g/mol. The van der Waals surface area contributed by atoms with Gasteiger partial charge in [-0.25, -0.2) is 8.78 Å². The molecule has 16 heavy (non-hydrogen) atoms. The number of aliphatic imine (C=N–C) groups is 1. The molecular weight excluding hydrogens is 212 g/mol. The van der Waals surface area contributed by atoms with Crippen LogP contribution < -0.4 is 0 Å². The number of hydrogen-bond acceptors (Lipinski definition) is 1. The Morgan fingerprint density at radius 1 is 1.25 bits per heavy atom. The molecule has 3 nitrogen and oxygen atoms in total. The second-order valence-electron chi connectivity index (χ2n) is 4.78. The van der Waals surface area contributed by atoms with Crippen LogP contribution in [-0.2, 0) is 0 Å². The Morgan fingerprint density at radius 3 is 2.19 bits per heavy atom. The molecule has 0 N–H and O–H groups in total. The van der Waals surface area contributed by atoms with Gasteiger partial charge in [0.15, 0.2) is 5.96 Å². The van der Waals surface area contributed by atoms with Gasteiger partial charge in [0, 0.05) is 40.5 Å². The molecule has 1 aliphatic carbocycles. The summed E-state index contributed by atoms with van der Waals surface area (Å²) in [5.41, 5.74) is 0. The van der Waals surface area contributed by atoms with Crippen LogP contribution in [0.2, 0.25) is 0 Å². The van der Waals surface area contributed by atoms with E-state index in [0.717, 1.165) is 5.96 Å². The van der Waals surface area contributed by atoms with Crippen molar-refractivity contribution in [2.24, 2.45) is 10.9 Å². The first kappa shape index (κ1) is 13.2. The fourth-order valence-corrected chi connectivity index (χ4v) is 2.10. The van der Waals surface area contributed by atoms with Gasteiger partial charge < -0.3 is 9.80 Å². The SMILES string of the molecule is CN(C)C(=NCC1CCCC1(F)F)N(C)C. The van der Waals surface area contributed by atoms with Crippen LogP contribution in [-0.4, -0.2) is 56.4 Å². The lowest BCUT2D eigenvalue weighted by molar-refractivity contribution is -0.0331. The Kier molecular flexibility index (Phi) is 4.10. The topological polar surface area (TPSA) is 18.8 Å². The predicted octanol–water partition coefficient (Wildman–Crippen LogP) is 1.90. The lowest BCUT2D eigenvalue weighted by Crippen LogP contribution is -2.36. The second-order valence-corrected chi connectivity index (χ2v) is 4.78. The van der Waals surface area contributed by atoms with Crippen LogP contribution in [0.25, 0.3) is 0 Å². The van der Waals surface area contributed by atoms with Crippen LogP contribution in [0.15, 0.2) is 4.99 Å². The molecule has 0 aromatic rings. The minimum absolute atomic E-state index is 0.0203. The third-order valence-corrected chi connectivity index (χ3v) is 2.91. The summed E-state index contributed by atoms with van der Waals surface area (Å²) in [6.45, 7) is 0.221. The highest BCUT2D eigenvalue weighted by atomic mass is 19.3. The molecule has 1 fully saturated rings.